The molecule has 0 saturated carbocycles. The van der Waals surface area contributed by atoms with E-state index >= 15 is 0 Å². The number of hydrogen-bond acceptors (Lipinski definition) is 5. The molecule has 1 fully saturated rings. The van der Waals surface area contributed by atoms with E-state index in [4.69, 9.17) is 17.3 Å². The fourth-order valence-electron chi connectivity index (χ4n) is 3.77. The van der Waals surface area contributed by atoms with Crippen molar-refractivity contribution in [3.63, 3.8) is 0 Å². The van der Waals surface area contributed by atoms with Crippen LogP contribution in [0.15, 0.2) is 59.8 Å². The summed E-state index contributed by atoms with van der Waals surface area (Å²) in [5, 5.41) is 10.1. The lowest BCUT2D eigenvalue weighted by Crippen LogP contribution is -2.44. The lowest BCUT2D eigenvalue weighted by molar-refractivity contribution is -0.132. The summed E-state index contributed by atoms with van der Waals surface area (Å²) >= 11 is 7.40. The maximum atomic E-state index is 12.8. The molecule has 7 nitrogen and oxygen atoms in total. The molecule has 9 heteroatoms. The highest BCUT2D eigenvalue weighted by Gasteiger charge is 2.27. The Labute approximate surface area is 196 Å². The first-order chi connectivity index (χ1) is 15.5. The van der Waals surface area contributed by atoms with Gasteiger partial charge in [0, 0.05) is 23.7 Å². The maximum Gasteiger partial charge on any atom is 0.233 e. The molecule has 2 heterocycles. The van der Waals surface area contributed by atoms with E-state index in [1.54, 1.807) is 4.90 Å². The Hall–Kier alpha value is -2.84. The number of halogens is 1. The van der Waals surface area contributed by atoms with E-state index in [1.807, 2.05) is 59.2 Å². The van der Waals surface area contributed by atoms with Crippen molar-refractivity contribution in [2.24, 2.45) is 11.7 Å². The smallest absolute Gasteiger partial charge is 0.233 e. The predicted molar refractivity (Wildman–Crippen MR) is 125 cm³/mol. The van der Waals surface area contributed by atoms with Crippen molar-refractivity contribution in [1.82, 2.24) is 19.7 Å². The molecule has 4 rings (SSSR count). The summed E-state index contributed by atoms with van der Waals surface area (Å²) in [6.45, 7) is 1.62. The lowest BCUT2D eigenvalue weighted by atomic mass is 9.97. The van der Waals surface area contributed by atoms with E-state index in [9.17, 15) is 9.59 Å². The first-order valence-electron chi connectivity index (χ1n) is 10.4. The van der Waals surface area contributed by atoms with Crippen LogP contribution >= 0.6 is 23.4 Å². The molecule has 1 aromatic heterocycles. The Morgan fingerprint density at radius 2 is 1.84 bits per heavy atom. The molecular weight excluding hydrogens is 446 g/mol. The molecule has 2 aromatic carbocycles. The van der Waals surface area contributed by atoms with Crippen LogP contribution in [0.25, 0.3) is 11.4 Å². The van der Waals surface area contributed by atoms with Crippen LogP contribution in [0.4, 0.5) is 0 Å². The quantitative estimate of drug-likeness (QED) is 0.535. The molecule has 3 aromatic rings. The second kappa shape index (κ2) is 10.2. The third kappa shape index (κ3) is 5.31. The summed E-state index contributed by atoms with van der Waals surface area (Å²) in [4.78, 5) is 26.1. The molecule has 1 aliphatic heterocycles. The highest BCUT2D eigenvalue weighted by molar-refractivity contribution is 7.99. The van der Waals surface area contributed by atoms with Gasteiger partial charge in [0.25, 0.3) is 0 Å². The zero-order valence-electron chi connectivity index (χ0n) is 17.5. The zero-order valence-corrected chi connectivity index (χ0v) is 19.1. The van der Waals surface area contributed by atoms with Gasteiger partial charge in [-0.1, -0.05) is 53.7 Å². The number of likely N-dealkylation sites (tertiary alicyclic amines) is 1. The van der Waals surface area contributed by atoms with Gasteiger partial charge in [0.15, 0.2) is 11.0 Å². The molecule has 2 N–H and O–H groups in total. The Bertz CT molecular complexity index is 1090. The number of benzene rings is 2. The number of rotatable bonds is 7. The first-order valence-corrected chi connectivity index (χ1v) is 11.8. The molecule has 0 radical (unpaired) electrons. The van der Waals surface area contributed by atoms with Crippen molar-refractivity contribution in [3.05, 3.63) is 65.2 Å². The average molecular weight is 470 g/mol. The van der Waals surface area contributed by atoms with E-state index in [0.29, 0.717) is 35.6 Å². The molecule has 0 bridgehead atoms. The molecule has 1 saturated heterocycles. The molecule has 0 aliphatic carbocycles. The summed E-state index contributed by atoms with van der Waals surface area (Å²) in [5.41, 5.74) is 7.45. The van der Waals surface area contributed by atoms with Crippen molar-refractivity contribution in [3.8, 4) is 11.4 Å². The van der Waals surface area contributed by atoms with E-state index < -0.39 is 0 Å². The van der Waals surface area contributed by atoms with Crippen molar-refractivity contribution < 1.29 is 9.59 Å². The van der Waals surface area contributed by atoms with Crippen LogP contribution in [0.5, 0.6) is 0 Å². The van der Waals surface area contributed by atoms with Crippen molar-refractivity contribution in [1.29, 1.82) is 0 Å². The van der Waals surface area contributed by atoms with E-state index in [2.05, 4.69) is 10.2 Å². The molecule has 1 aliphatic rings. The molecule has 1 atom stereocenters. The van der Waals surface area contributed by atoms with Gasteiger partial charge in [-0.25, -0.2) is 0 Å². The van der Waals surface area contributed by atoms with Crippen LogP contribution in [0.1, 0.15) is 18.4 Å². The van der Waals surface area contributed by atoms with Crippen LogP contribution in [-0.2, 0) is 16.1 Å². The number of carbonyl (C=O) groups excluding carboxylic acids is 2. The minimum absolute atomic E-state index is 0.0248. The number of hydrogen-bond donors (Lipinski definition) is 1. The monoisotopic (exact) mass is 469 g/mol. The number of nitrogens with zero attached hydrogens (tertiary/aromatic N) is 4. The molecule has 32 heavy (non-hydrogen) atoms. The molecule has 2 amide bonds. The van der Waals surface area contributed by atoms with E-state index in [0.717, 1.165) is 24.0 Å². The number of carbonyl (C=O) groups is 2. The normalized spacial score (nSPS) is 16.2. The fourth-order valence-corrected chi connectivity index (χ4v) is 4.74. The van der Waals surface area contributed by atoms with Gasteiger partial charge in [-0.2, -0.15) is 0 Å². The summed E-state index contributed by atoms with van der Waals surface area (Å²) < 4.78 is 2.01. The number of thioether (sulfide) groups is 1. The topological polar surface area (TPSA) is 94.1 Å². The van der Waals surface area contributed by atoms with Crippen LogP contribution < -0.4 is 5.73 Å². The number of piperidine rings is 1. The SMILES string of the molecule is NC(=O)C1CCCN(C(=O)CSc2nnc(-c3ccc(Cl)cc3)n2Cc2ccccc2)C1. The molecular formula is C23H24ClN5O2S. The largest absolute Gasteiger partial charge is 0.369 e. The summed E-state index contributed by atoms with van der Waals surface area (Å²) in [7, 11) is 0. The van der Waals surface area contributed by atoms with Gasteiger partial charge in [0.1, 0.15) is 0 Å². The summed E-state index contributed by atoms with van der Waals surface area (Å²) in [6.07, 6.45) is 1.52. The maximum absolute atomic E-state index is 12.8. The van der Waals surface area contributed by atoms with Gasteiger partial charge >= 0.3 is 0 Å². The Kier molecular flexibility index (Phi) is 7.12. The summed E-state index contributed by atoms with van der Waals surface area (Å²) in [5.74, 6) is 0.302. The number of amides is 2. The third-order valence-corrected chi connectivity index (χ3v) is 6.71. The van der Waals surface area contributed by atoms with Gasteiger partial charge in [0.2, 0.25) is 11.8 Å². The number of aromatic nitrogens is 3. The third-order valence-electron chi connectivity index (χ3n) is 5.50. The molecule has 166 valence electrons. The highest BCUT2D eigenvalue weighted by atomic mass is 35.5. The first kappa shape index (κ1) is 22.4. The Balaban J connectivity index is 1.53. The second-order valence-corrected chi connectivity index (χ2v) is 9.13. The van der Waals surface area contributed by atoms with Gasteiger partial charge < -0.3 is 10.6 Å². The van der Waals surface area contributed by atoms with E-state index in [1.165, 1.54) is 11.8 Å². The van der Waals surface area contributed by atoms with Crippen LogP contribution in [-0.4, -0.2) is 50.3 Å². The van der Waals surface area contributed by atoms with Crippen molar-refractivity contribution >= 4 is 35.2 Å². The minimum Gasteiger partial charge on any atom is -0.369 e. The standard InChI is InChI=1S/C23H24ClN5O2S/c24-19-10-8-17(9-11-19)22-26-27-23(29(22)13-16-5-2-1-3-6-16)32-15-20(30)28-12-4-7-18(14-28)21(25)31/h1-3,5-6,8-11,18H,4,7,12-15H2,(H2,25,31). The average Bonchev–Trinajstić information content (AvgIpc) is 3.21. The van der Waals surface area contributed by atoms with Crippen LogP contribution in [0.3, 0.4) is 0 Å². The minimum atomic E-state index is -0.342. The lowest BCUT2D eigenvalue weighted by Gasteiger charge is -2.31. The van der Waals surface area contributed by atoms with Gasteiger partial charge in [0.05, 0.1) is 18.2 Å². The number of nitrogens with two attached hydrogens (primary N) is 1. The van der Waals surface area contributed by atoms with Crippen molar-refractivity contribution in [2.45, 2.75) is 24.5 Å². The highest BCUT2D eigenvalue weighted by Crippen LogP contribution is 2.27. The van der Waals surface area contributed by atoms with Gasteiger partial charge in [-0.3, -0.25) is 14.2 Å². The Morgan fingerprint density at radius 3 is 2.56 bits per heavy atom. The van der Waals surface area contributed by atoms with Gasteiger partial charge in [-0.15, -0.1) is 10.2 Å². The van der Waals surface area contributed by atoms with E-state index in [-0.39, 0.29) is 23.5 Å². The molecule has 0 spiro atoms. The fraction of sp³-hybridized carbons (Fsp3) is 0.304. The van der Waals surface area contributed by atoms with Crippen molar-refractivity contribution in [2.75, 3.05) is 18.8 Å². The Morgan fingerprint density at radius 1 is 1.09 bits per heavy atom. The second-order valence-electron chi connectivity index (χ2n) is 7.75. The number of primary amides is 1. The van der Waals surface area contributed by atoms with Crippen LogP contribution in [0, 0.1) is 5.92 Å². The summed E-state index contributed by atoms with van der Waals surface area (Å²) in [6, 6.07) is 17.5. The molecule has 1 unspecified atom stereocenters. The zero-order chi connectivity index (χ0) is 22.5. The van der Waals surface area contributed by atoms with Crippen LogP contribution in [0.2, 0.25) is 5.02 Å². The van der Waals surface area contributed by atoms with Gasteiger partial charge in [-0.05, 0) is 42.7 Å². The predicted octanol–water partition coefficient (Wildman–Crippen LogP) is 3.46.